The SMILES string of the molecule is O=C(Nc1ccccc1Br)[C@@H]1[C@H](C(=O)O)[C@H]2C=C[C@H]1C2. The fourth-order valence-electron chi connectivity index (χ4n) is 3.29. The van der Waals surface area contributed by atoms with Crippen molar-refractivity contribution >= 4 is 33.5 Å². The van der Waals surface area contributed by atoms with Gasteiger partial charge in [0.1, 0.15) is 0 Å². The predicted molar refractivity (Wildman–Crippen MR) is 78.1 cm³/mol. The van der Waals surface area contributed by atoms with Crippen molar-refractivity contribution in [3.63, 3.8) is 0 Å². The largest absolute Gasteiger partial charge is 0.481 e. The van der Waals surface area contributed by atoms with Gasteiger partial charge < -0.3 is 10.4 Å². The number of fused-ring (bicyclic) bond motifs is 2. The molecule has 0 aliphatic heterocycles. The van der Waals surface area contributed by atoms with E-state index in [1.165, 1.54) is 0 Å². The summed E-state index contributed by atoms with van der Waals surface area (Å²) in [5.74, 6) is -2.13. The third kappa shape index (κ3) is 2.16. The van der Waals surface area contributed by atoms with Gasteiger partial charge in [-0.05, 0) is 46.3 Å². The summed E-state index contributed by atoms with van der Waals surface area (Å²) in [5.41, 5.74) is 0.674. The summed E-state index contributed by atoms with van der Waals surface area (Å²) in [4.78, 5) is 23.8. The smallest absolute Gasteiger partial charge is 0.307 e. The number of anilines is 1. The first kappa shape index (κ1) is 13.4. The van der Waals surface area contributed by atoms with Crippen LogP contribution in [0.1, 0.15) is 6.42 Å². The number of carboxylic acids is 1. The third-order valence-electron chi connectivity index (χ3n) is 4.18. The van der Waals surface area contributed by atoms with Crippen molar-refractivity contribution in [2.75, 3.05) is 5.32 Å². The van der Waals surface area contributed by atoms with Gasteiger partial charge in [-0.3, -0.25) is 9.59 Å². The molecule has 2 aliphatic rings. The molecule has 4 atom stereocenters. The summed E-state index contributed by atoms with van der Waals surface area (Å²) in [6.07, 6.45) is 4.69. The van der Waals surface area contributed by atoms with Crippen LogP contribution in [0.25, 0.3) is 0 Å². The maximum Gasteiger partial charge on any atom is 0.307 e. The van der Waals surface area contributed by atoms with Crippen LogP contribution in [0.5, 0.6) is 0 Å². The van der Waals surface area contributed by atoms with E-state index in [-0.39, 0.29) is 17.7 Å². The van der Waals surface area contributed by atoms with Crippen LogP contribution >= 0.6 is 15.9 Å². The van der Waals surface area contributed by atoms with E-state index < -0.39 is 17.8 Å². The number of hydrogen-bond acceptors (Lipinski definition) is 2. The highest BCUT2D eigenvalue weighted by molar-refractivity contribution is 9.10. The molecule has 1 fully saturated rings. The van der Waals surface area contributed by atoms with E-state index in [4.69, 9.17) is 0 Å². The molecule has 1 aromatic rings. The molecule has 0 aromatic heterocycles. The molecule has 0 heterocycles. The van der Waals surface area contributed by atoms with Gasteiger partial charge >= 0.3 is 5.97 Å². The molecule has 1 amide bonds. The fraction of sp³-hybridized carbons (Fsp3) is 0.333. The molecule has 2 aliphatic carbocycles. The zero-order valence-electron chi connectivity index (χ0n) is 10.6. The van der Waals surface area contributed by atoms with Gasteiger partial charge in [-0.1, -0.05) is 24.3 Å². The highest BCUT2D eigenvalue weighted by Crippen LogP contribution is 2.48. The molecular formula is C15H14BrNO3. The Morgan fingerprint density at radius 2 is 1.80 bits per heavy atom. The van der Waals surface area contributed by atoms with Gasteiger partial charge in [0.2, 0.25) is 5.91 Å². The number of aliphatic carboxylic acids is 1. The number of hydrogen-bond donors (Lipinski definition) is 2. The van der Waals surface area contributed by atoms with E-state index >= 15 is 0 Å². The minimum absolute atomic E-state index is 0.00698. The Balaban J connectivity index is 1.82. The number of para-hydroxylation sites is 1. The zero-order chi connectivity index (χ0) is 14.3. The van der Waals surface area contributed by atoms with Crippen molar-refractivity contribution in [3.05, 3.63) is 40.9 Å². The minimum atomic E-state index is -0.880. The number of rotatable bonds is 3. The highest BCUT2D eigenvalue weighted by Gasteiger charge is 2.51. The minimum Gasteiger partial charge on any atom is -0.481 e. The lowest BCUT2D eigenvalue weighted by Crippen LogP contribution is -2.36. The maximum atomic E-state index is 12.4. The zero-order valence-corrected chi connectivity index (χ0v) is 12.2. The van der Waals surface area contributed by atoms with E-state index in [1.54, 1.807) is 6.07 Å². The van der Waals surface area contributed by atoms with Crippen molar-refractivity contribution in [2.24, 2.45) is 23.7 Å². The molecule has 5 heteroatoms. The van der Waals surface area contributed by atoms with Crippen LogP contribution in [-0.4, -0.2) is 17.0 Å². The maximum absolute atomic E-state index is 12.4. The molecule has 3 rings (SSSR count). The van der Waals surface area contributed by atoms with Crippen LogP contribution in [0.4, 0.5) is 5.69 Å². The fourth-order valence-corrected chi connectivity index (χ4v) is 3.68. The molecule has 1 saturated carbocycles. The molecule has 2 N–H and O–H groups in total. The van der Waals surface area contributed by atoms with Crippen LogP contribution in [0.15, 0.2) is 40.9 Å². The Morgan fingerprint density at radius 3 is 2.45 bits per heavy atom. The van der Waals surface area contributed by atoms with Gasteiger partial charge in [0, 0.05) is 4.47 Å². The highest BCUT2D eigenvalue weighted by atomic mass is 79.9. The summed E-state index contributed by atoms with van der Waals surface area (Å²) in [6.45, 7) is 0. The van der Waals surface area contributed by atoms with Gasteiger partial charge in [-0.2, -0.15) is 0 Å². The van der Waals surface area contributed by atoms with E-state index in [1.807, 2.05) is 30.4 Å². The first-order valence-electron chi connectivity index (χ1n) is 6.54. The molecular weight excluding hydrogens is 322 g/mol. The molecule has 0 unspecified atom stereocenters. The molecule has 20 heavy (non-hydrogen) atoms. The number of amides is 1. The Kier molecular flexibility index (Phi) is 3.38. The van der Waals surface area contributed by atoms with Gasteiger partial charge in [0.05, 0.1) is 17.5 Å². The van der Waals surface area contributed by atoms with Crippen LogP contribution in [0.2, 0.25) is 0 Å². The summed E-state index contributed by atoms with van der Waals surface area (Å²) in [7, 11) is 0. The molecule has 104 valence electrons. The number of benzene rings is 1. The topological polar surface area (TPSA) is 66.4 Å². The standard InChI is InChI=1S/C15H14BrNO3/c16-10-3-1-2-4-11(10)17-14(18)12-8-5-6-9(7-8)13(12)15(19)20/h1-6,8-9,12-13H,7H2,(H,17,18)(H,19,20)/t8-,9-,12-,13+/m0/s1. The van der Waals surface area contributed by atoms with E-state index in [9.17, 15) is 14.7 Å². The molecule has 0 saturated heterocycles. The molecule has 4 nitrogen and oxygen atoms in total. The number of carbonyl (C=O) groups excluding carboxylic acids is 1. The molecule has 0 radical (unpaired) electrons. The van der Waals surface area contributed by atoms with Gasteiger partial charge in [0.15, 0.2) is 0 Å². The molecule has 1 aromatic carbocycles. The molecule has 2 bridgehead atoms. The molecule has 0 spiro atoms. The van der Waals surface area contributed by atoms with Crippen molar-refractivity contribution in [2.45, 2.75) is 6.42 Å². The second kappa shape index (κ2) is 5.05. The lowest BCUT2D eigenvalue weighted by atomic mass is 9.82. The Hall–Kier alpha value is -1.62. The first-order chi connectivity index (χ1) is 9.58. The van der Waals surface area contributed by atoms with Crippen LogP contribution < -0.4 is 5.32 Å². The van der Waals surface area contributed by atoms with E-state index in [0.29, 0.717) is 5.69 Å². The summed E-state index contributed by atoms with van der Waals surface area (Å²) in [6, 6.07) is 7.32. The number of carbonyl (C=O) groups is 2. The van der Waals surface area contributed by atoms with E-state index in [2.05, 4.69) is 21.2 Å². The number of allylic oxidation sites excluding steroid dienone is 2. The van der Waals surface area contributed by atoms with Crippen molar-refractivity contribution in [3.8, 4) is 0 Å². The third-order valence-corrected chi connectivity index (χ3v) is 4.87. The van der Waals surface area contributed by atoms with Gasteiger partial charge in [0.25, 0.3) is 0 Å². The average molecular weight is 336 g/mol. The monoisotopic (exact) mass is 335 g/mol. The van der Waals surface area contributed by atoms with Crippen LogP contribution in [0.3, 0.4) is 0 Å². The number of nitrogens with one attached hydrogen (secondary N) is 1. The Labute approximate surface area is 125 Å². The average Bonchev–Trinajstić information content (AvgIpc) is 3.01. The van der Waals surface area contributed by atoms with Gasteiger partial charge in [-0.15, -0.1) is 0 Å². The van der Waals surface area contributed by atoms with Crippen molar-refractivity contribution in [1.82, 2.24) is 0 Å². The Morgan fingerprint density at radius 1 is 1.15 bits per heavy atom. The summed E-state index contributed by atoms with van der Waals surface area (Å²) < 4.78 is 0.791. The summed E-state index contributed by atoms with van der Waals surface area (Å²) >= 11 is 3.37. The lowest BCUT2D eigenvalue weighted by Gasteiger charge is -2.24. The second-order valence-corrected chi connectivity index (χ2v) is 6.16. The normalized spacial score (nSPS) is 30.4. The van der Waals surface area contributed by atoms with E-state index in [0.717, 1.165) is 10.9 Å². The first-order valence-corrected chi connectivity index (χ1v) is 7.34. The summed E-state index contributed by atoms with van der Waals surface area (Å²) in [5, 5.41) is 12.2. The predicted octanol–water partition coefficient (Wildman–Crippen LogP) is 2.91. The lowest BCUT2D eigenvalue weighted by molar-refractivity contribution is -0.146. The number of halogens is 1. The quantitative estimate of drug-likeness (QED) is 0.834. The van der Waals surface area contributed by atoms with Gasteiger partial charge in [-0.25, -0.2) is 0 Å². The van der Waals surface area contributed by atoms with Crippen LogP contribution in [-0.2, 0) is 9.59 Å². The second-order valence-electron chi connectivity index (χ2n) is 5.31. The van der Waals surface area contributed by atoms with Crippen molar-refractivity contribution < 1.29 is 14.7 Å². The van der Waals surface area contributed by atoms with Crippen LogP contribution in [0, 0.1) is 23.7 Å². The number of carboxylic acid groups (broad SMARTS) is 1. The van der Waals surface area contributed by atoms with Crippen molar-refractivity contribution in [1.29, 1.82) is 0 Å². The Bertz CT molecular complexity index is 599.